The monoisotopic (exact) mass is 373 g/mol. The predicted molar refractivity (Wildman–Crippen MR) is 101 cm³/mol. The van der Waals surface area contributed by atoms with Gasteiger partial charge >= 0.3 is 0 Å². The van der Waals surface area contributed by atoms with Crippen LogP contribution in [0.25, 0.3) is 4.91 Å². The summed E-state index contributed by atoms with van der Waals surface area (Å²) in [6.45, 7) is 1.93. The highest BCUT2D eigenvalue weighted by Crippen LogP contribution is 2.34. The Kier molecular flexibility index (Phi) is 5.18. The van der Waals surface area contributed by atoms with Gasteiger partial charge in [0.2, 0.25) is 9.84 Å². The van der Waals surface area contributed by atoms with Gasteiger partial charge in [-0.2, -0.15) is 0 Å². The van der Waals surface area contributed by atoms with Gasteiger partial charge in [-0.05, 0) is 48.0 Å². The van der Waals surface area contributed by atoms with Gasteiger partial charge in [-0.25, -0.2) is 13.4 Å². The average molecular weight is 374 g/mol. The molecule has 0 saturated heterocycles. The van der Waals surface area contributed by atoms with E-state index >= 15 is 0 Å². The summed E-state index contributed by atoms with van der Waals surface area (Å²) in [5, 5.41) is 4.30. The standard InChI is InChI=1S/C18H15NO2S3/c1-14-7-9-15(10-8-14)24(20,21)17(16-5-4-12-22-16)13-23-18-6-2-3-11-19-18/h2-13H,1H3/b17-13+. The molecule has 0 N–H and O–H groups in total. The zero-order chi connectivity index (χ0) is 17.0. The average Bonchev–Trinajstić information content (AvgIpc) is 3.10. The minimum atomic E-state index is -3.59. The van der Waals surface area contributed by atoms with Crippen LogP contribution in [-0.4, -0.2) is 13.4 Å². The zero-order valence-electron chi connectivity index (χ0n) is 12.9. The normalized spacial score (nSPS) is 12.3. The number of aromatic nitrogens is 1. The van der Waals surface area contributed by atoms with Crippen molar-refractivity contribution in [2.24, 2.45) is 0 Å². The molecule has 0 aliphatic carbocycles. The van der Waals surface area contributed by atoms with E-state index in [2.05, 4.69) is 4.98 Å². The van der Waals surface area contributed by atoms with Crippen molar-refractivity contribution < 1.29 is 8.42 Å². The van der Waals surface area contributed by atoms with Gasteiger partial charge in [-0.1, -0.05) is 41.6 Å². The fraction of sp³-hybridized carbons (Fsp3) is 0.0556. The lowest BCUT2D eigenvalue weighted by molar-refractivity contribution is 0.606. The van der Waals surface area contributed by atoms with Crippen LogP contribution in [0.1, 0.15) is 10.4 Å². The van der Waals surface area contributed by atoms with Crippen molar-refractivity contribution in [3.63, 3.8) is 0 Å². The molecule has 24 heavy (non-hydrogen) atoms. The first kappa shape index (κ1) is 17.0. The first-order valence-corrected chi connectivity index (χ1v) is 10.4. The molecule has 0 aliphatic heterocycles. The van der Waals surface area contributed by atoms with Gasteiger partial charge in [0.05, 0.1) is 9.80 Å². The second-order valence-electron chi connectivity index (χ2n) is 5.06. The topological polar surface area (TPSA) is 47.0 Å². The van der Waals surface area contributed by atoms with E-state index in [9.17, 15) is 8.42 Å². The molecule has 0 unspecified atom stereocenters. The van der Waals surface area contributed by atoms with E-state index < -0.39 is 9.84 Å². The van der Waals surface area contributed by atoms with Crippen LogP contribution in [0.2, 0.25) is 0 Å². The summed E-state index contributed by atoms with van der Waals surface area (Å²) in [5.41, 5.74) is 1.03. The molecule has 2 heterocycles. The Labute approximate surface area is 150 Å². The number of aryl methyl sites for hydroxylation is 1. The minimum Gasteiger partial charge on any atom is -0.250 e. The van der Waals surface area contributed by atoms with Crippen LogP contribution in [0.4, 0.5) is 0 Å². The summed E-state index contributed by atoms with van der Waals surface area (Å²) in [5.74, 6) is 0. The van der Waals surface area contributed by atoms with Crippen LogP contribution in [-0.2, 0) is 9.84 Å². The highest BCUT2D eigenvalue weighted by molar-refractivity contribution is 8.05. The Hall–Kier alpha value is -1.89. The molecule has 0 atom stereocenters. The molecule has 1 aromatic carbocycles. The Morgan fingerprint density at radius 3 is 2.50 bits per heavy atom. The van der Waals surface area contributed by atoms with Crippen molar-refractivity contribution in [3.8, 4) is 0 Å². The van der Waals surface area contributed by atoms with E-state index in [-0.39, 0.29) is 0 Å². The quantitative estimate of drug-likeness (QED) is 0.589. The molecule has 0 amide bonds. The third kappa shape index (κ3) is 3.77. The van der Waals surface area contributed by atoms with Crippen molar-refractivity contribution in [2.45, 2.75) is 16.8 Å². The van der Waals surface area contributed by atoms with Crippen LogP contribution in [0.15, 0.2) is 81.5 Å². The molecule has 3 aromatic rings. The van der Waals surface area contributed by atoms with Crippen LogP contribution < -0.4 is 0 Å². The van der Waals surface area contributed by atoms with E-state index in [0.717, 1.165) is 15.5 Å². The Morgan fingerprint density at radius 1 is 1.08 bits per heavy atom. The Morgan fingerprint density at radius 2 is 1.88 bits per heavy atom. The second-order valence-corrected chi connectivity index (χ2v) is 8.82. The number of rotatable bonds is 5. The third-order valence-corrected chi connectivity index (χ3v) is 7.14. The summed E-state index contributed by atoms with van der Waals surface area (Å²) in [7, 11) is -3.59. The number of sulfone groups is 1. The second kappa shape index (κ2) is 7.34. The fourth-order valence-corrected chi connectivity index (χ4v) is 5.60. The van der Waals surface area contributed by atoms with Crippen LogP contribution in [0, 0.1) is 6.92 Å². The van der Waals surface area contributed by atoms with Crippen LogP contribution in [0.3, 0.4) is 0 Å². The maximum atomic E-state index is 13.1. The van der Waals surface area contributed by atoms with Gasteiger partial charge in [-0.3, -0.25) is 0 Å². The third-order valence-electron chi connectivity index (χ3n) is 3.31. The van der Waals surface area contributed by atoms with Crippen molar-refractivity contribution in [1.29, 1.82) is 0 Å². The van der Waals surface area contributed by atoms with Crippen molar-refractivity contribution in [3.05, 3.63) is 82.0 Å². The highest BCUT2D eigenvalue weighted by atomic mass is 32.2. The lowest BCUT2D eigenvalue weighted by Gasteiger charge is -2.08. The van der Waals surface area contributed by atoms with Gasteiger partial charge in [0, 0.05) is 11.1 Å². The molecule has 0 bridgehead atoms. The number of thioether (sulfide) groups is 1. The molecule has 2 aromatic heterocycles. The Bertz CT molecular complexity index is 930. The number of hydrogen-bond donors (Lipinski definition) is 0. The number of nitrogens with zero attached hydrogens (tertiary/aromatic N) is 1. The number of benzene rings is 1. The summed E-state index contributed by atoms with van der Waals surface area (Å²) >= 11 is 2.72. The summed E-state index contributed by atoms with van der Waals surface area (Å²) in [4.78, 5) is 5.55. The Balaban J connectivity index is 2.03. The molecule has 0 radical (unpaired) electrons. The molecular formula is C18H15NO2S3. The van der Waals surface area contributed by atoms with E-state index in [1.54, 1.807) is 23.7 Å². The molecule has 0 spiro atoms. The molecule has 0 saturated carbocycles. The largest absolute Gasteiger partial charge is 0.250 e. The number of pyridine rings is 1. The van der Waals surface area contributed by atoms with E-state index in [4.69, 9.17) is 0 Å². The number of thiophene rings is 1. The molecular weight excluding hydrogens is 358 g/mol. The molecule has 122 valence electrons. The van der Waals surface area contributed by atoms with E-state index in [1.807, 2.05) is 54.8 Å². The zero-order valence-corrected chi connectivity index (χ0v) is 15.4. The molecule has 0 fully saturated rings. The van der Waals surface area contributed by atoms with Crippen molar-refractivity contribution in [2.75, 3.05) is 0 Å². The fourth-order valence-electron chi connectivity index (χ4n) is 2.05. The molecule has 0 aliphatic rings. The molecule has 3 rings (SSSR count). The summed E-state index contributed by atoms with van der Waals surface area (Å²) < 4.78 is 26.1. The van der Waals surface area contributed by atoms with E-state index in [0.29, 0.717) is 9.80 Å². The smallest absolute Gasteiger partial charge is 0.208 e. The van der Waals surface area contributed by atoms with Crippen molar-refractivity contribution >= 4 is 37.8 Å². The molecule has 3 nitrogen and oxygen atoms in total. The summed E-state index contributed by atoms with van der Waals surface area (Å²) in [6.07, 6.45) is 1.69. The predicted octanol–water partition coefficient (Wildman–Crippen LogP) is 5.02. The maximum Gasteiger partial charge on any atom is 0.208 e. The lowest BCUT2D eigenvalue weighted by atomic mass is 10.2. The first-order chi connectivity index (χ1) is 11.6. The molecule has 6 heteroatoms. The van der Waals surface area contributed by atoms with Gasteiger partial charge in [0.1, 0.15) is 5.03 Å². The van der Waals surface area contributed by atoms with Crippen LogP contribution >= 0.6 is 23.1 Å². The van der Waals surface area contributed by atoms with E-state index in [1.165, 1.54) is 23.1 Å². The summed E-state index contributed by atoms with van der Waals surface area (Å²) in [6, 6.07) is 16.2. The lowest BCUT2D eigenvalue weighted by Crippen LogP contribution is -2.03. The van der Waals surface area contributed by atoms with Gasteiger partial charge in [-0.15, -0.1) is 11.3 Å². The first-order valence-electron chi connectivity index (χ1n) is 7.21. The van der Waals surface area contributed by atoms with Gasteiger partial charge in [0.25, 0.3) is 0 Å². The van der Waals surface area contributed by atoms with Crippen molar-refractivity contribution in [1.82, 2.24) is 4.98 Å². The minimum absolute atomic E-state index is 0.300. The van der Waals surface area contributed by atoms with Gasteiger partial charge in [0.15, 0.2) is 0 Å². The SMILES string of the molecule is Cc1ccc(S(=O)(=O)/C(=C/Sc2ccccn2)c2cccs2)cc1. The highest BCUT2D eigenvalue weighted by Gasteiger charge is 2.23. The maximum absolute atomic E-state index is 13.1. The number of hydrogen-bond acceptors (Lipinski definition) is 5. The van der Waals surface area contributed by atoms with Gasteiger partial charge < -0.3 is 0 Å². The van der Waals surface area contributed by atoms with Crippen LogP contribution in [0.5, 0.6) is 0 Å².